The summed E-state index contributed by atoms with van der Waals surface area (Å²) in [6.45, 7) is -0.641. The zero-order valence-electron chi connectivity index (χ0n) is 12.9. The van der Waals surface area contributed by atoms with Crippen molar-refractivity contribution in [3.63, 3.8) is 0 Å². The first-order chi connectivity index (χ1) is 11.7. The molecule has 24 heavy (non-hydrogen) atoms. The van der Waals surface area contributed by atoms with Crippen LogP contribution in [0.2, 0.25) is 0 Å². The number of hydrogen-bond donors (Lipinski definition) is 0. The summed E-state index contributed by atoms with van der Waals surface area (Å²) in [5.74, 6) is 0. The average Bonchev–Trinajstić information content (AvgIpc) is 2.95. The van der Waals surface area contributed by atoms with Gasteiger partial charge in [-0.25, -0.2) is 4.98 Å². The highest BCUT2D eigenvalue weighted by molar-refractivity contribution is 6.06. The first kappa shape index (κ1) is 14.7. The lowest BCUT2D eigenvalue weighted by atomic mass is 10.1. The van der Waals surface area contributed by atoms with Gasteiger partial charge in [0.1, 0.15) is 5.65 Å². The van der Waals surface area contributed by atoms with Gasteiger partial charge in [-0.1, -0.05) is 6.92 Å². The molecular formula is C18H14F2N4. The maximum Gasteiger partial charge on any atom is 0.320 e. The molecule has 120 valence electrons. The van der Waals surface area contributed by atoms with Gasteiger partial charge in [-0.15, -0.1) is 0 Å². The normalized spacial score (nSPS) is 11.7. The molecule has 0 atom stereocenters. The highest BCUT2D eigenvalue weighted by atomic mass is 19.3. The topological polar surface area (TPSA) is 43.6 Å². The third kappa shape index (κ3) is 2.22. The Morgan fingerprint density at radius 1 is 1.04 bits per heavy atom. The minimum Gasteiger partial charge on any atom is -0.268 e. The molecule has 0 N–H and O–H groups in total. The van der Waals surface area contributed by atoms with Gasteiger partial charge in [-0.3, -0.25) is 14.5 Å². The molecule has 0 amide bonds. The van der Waals surface area contributed by atoms with E-state index in [0.717, 1.165) is 22.2 Å². The molecule has 0 fully saturated rings. The number of alkyl halides is 2. The summed E-state index contributed by atoms with van der Waals surface area (Å²) in [5.41, 5.74) is 3.09. The molecule has 4 aromatic rings. The van der Waals surface area contributed by atoms with Crippen LogP contribution in [0.4, 0.5) is 8.78 Å². The second-order valence-corrected chi connectivity index (χ2v) is 5.50. The van der Waals surface area contributed by atoms with E-state index in [1.165, 1.54) is 6.20 Å². The monoisotopic (exact) mass is 324 g/mol. The van der Waals surface area contributed by atoms with Crippen LogP contribution in [-0.4, -0.2) is 19.5 Å². The van der Waals surface area contributed by atoms with E-state index in [-0.39, 0.29) is 5.65 Å². The molecule has 4 heterocycles. The Balaban J connectivity index is 1.96. The van der Waals surface area contributed by atoms with Crippen molar-refractivity contribution in [2.75, 3.05) is 0 Å². The number of rotatable bonds is 3. The van der Waals surface area contributed by atoms with E-state index in [4.69, 9.17) is 0 Å². The standard InChI is InChI=1S/C18H14F2N4/c1-2-12-4-3-11(9-22-12)15-6-5-13-14-10-21-8-7-16(14)24(18(19)20)17(13)23-15/h3-10,18H,2H2,1H3. The van der Waals surface area contributed by atoms with E-state index in [9.17, 15) is 8.78 Å². The average molecular weight is 324 g/mol. The van der Waals surface area contributed by atoms with E-state index >= 15 is 0 Å². The third-order valence-corrected chi connectivity index (χ3v) is 4.13. The zero-order valence-corrected chi connectivity index (χ0v) is 12.9. The number of fused-ring (bicyclic) bond motifs is 3. The summed E-state index contributed by atoms with van der Waals surface area (Å²) in [5, 5.41) is 1.34. The van der Waals surface area contributed by atoms with Crippen LogP contribution in [0, 0.1) is 0 Å². The van der Waals surface area contributed by atoms with Gasteiger partial charge in [-0.2, -0.15) is 8.78 Å². The van der Waals surface area contributed by atoms with E-state index in [1.54, 1.807) is 18.5 Å². The van der Waals surface area contributed by atoms with Crippen molar-refractivity contribution in [2.24, 2.45) is 0 Å². The van der Waals surface area contributed by atoms with Crippen molar-refractivity contribution < 1.29 is 8.78 Å². The van der Waals surface area contributed by atoms with Crippen LogP contribution in [-0.2, 0) is 6.42 Å². The lowest BCUT2D eigenvalue weighted by Crippen LogP contribution is -1.99. The largest absolute Gasteiger partial charge is 0.320 e. The quantitative estimate of drug-likeness (QED) is 0.553. The Morgan fingerprint density at radius 2 is 1.92 bits per heavy atom. The number of aromatic nitrogens is 4. The molecule has 0 saturated heterocycles. The number of hydrogen-bond acceptors (Lipinski definition) is 3. The molecule has 0 radical (unpaired) electrons. The fourth-order valence-electron chi connectivity index (χ4n) is 2.90. The lowest BCUT2D eigenvalue weighted by Gasteiger charge is -2.06. The van der Waals surface area contributed by atoms with Crippen LogP contribution in [0.3, 0.4) is 0 Å². The summed E-state index contributed by atoms with van der Waals surface area (Å²) in [6.07, 6.45) is 5.67. The predicted octanol–water partition coefficient (Wildman–Crippen LogP) is 4.60. The SMILES string of the molecule is CCc1ccc(-c2ccc3c4cnccc4n(C(F)F)c3n2)cn1. The summed E-state index contributed by atoms with van der Waals surface area (Å²) in [6, 6.07) is 9.06. The zero-order chi connectivity index (χ0) is 16.7. The Morgan fingerprint density at radius 3 is 2.62 bits per heavy atom. The number of aryl methyl sites for hydroxylation is 1. The van der Waals surface area contributed by atoms with E-state index in [0.29, 0.717) is 22.0 Å². The smallest absolute Gasteiger partial charge is 0.268 e. The second kappa shape index (κ2) is 5.63. The Labute approximate surface area is 136 Å². The van der Waals surface area contributed by atoms with Gasteiger partial charge in [0, 0.05) is 40.6 Å². The van der Waals surface area contributed by atoms with Crippen molar-refractivity contribution in [2.45, 2.75) is 19.9 Å². The summed E-state index contributed by atoms with van der Waals surface area (Å²) in [4.78, 5) is 12.9. The third-order valence-electron chi connectivity index (χ3n) is 4.13. The summed E-state index contributed by atoms with van der Waals surface area (Å²) < 4.78 is 28.1. The minimum atomic E-state index is -2.67. The Kier molecular flexibility index (Phi) is 3.45. The molecule has 4 aromatic heterocycles. The maximum atomic E-state index is 13.6. The molecule has 0 saturated carbocycles. The van der Waals surface area contributed by atoms with Crippen molar-refractivity contribution >= 4 is 21.9 Å². The molecule has 0 aromatic carbocycles. The molecule has 0 aliphatic rings. The number of pyridine rings is 3. The molecule has 6 heteroatoms. The van der Waals surface area contributed by atoms with Gasteiger partial charge in [0.2, 0.25) is 0 Å². The van der Waals surface area contributed by atoms with Crippen molar-refractivity contribution in [1.82, 2.24) is 19.5 Å². The molecule has 0 spiro atoms. The number of halogens is 2. The molecular weight excluding hydrogens is 310 g/mol. The first-order valence-electron chi connectivity index (χ1n) is 7.67. The van der Waals surface area contributed by atoms with Gasteiger partial charge in [0.05, 0.1) is 11.2 Å². The van der Waals surface area contributed by atoms with Gasteiger partial charge in [0.25, 0.3) is 0 Å². The predicted molar refractivity (Wildman–Crippen MR) is 88.9 cm³/mol. The second-order valence-electron chi connectivity index (χ2n) is 5.50. The summed E-state index contributed by atoms with van der Waals surface area (Å²) in [7, 11) is 0. The van der Waals surface area contributed by atoms with Crippen LogP contribution >= 0.6 is 0 Å². The molecule has 4 nitrogen and oxygen atoms in total. The van der Waals surface area contributed by atoms with Gasteiger partial charge in [-0.05, 0) is 36.8 Å². The van der Waals surface area contributed by atoms with E-state index in [1.807, 2.05) is 31.2 Å². The Hall–Kier alpha value is -2.89. The Bertz CT molecular complexity index is 1020. The van der Waals surface area contributed by atoms with Crippen LogP contribution in [0.5, 0.6) is 0 Å². The van der Waals surface area contributed by atoms with Gasteiger partial charge >= 0.3 is 6.55 Å². The van der Waals surface area contributed by atoms with Gasteiger partial charge < -0.3 is 0 Å². The first-order valence-corrected chi connectivity index (χ1v) is 7.67. The summed E-state index contributed by atoms with van der Waals surface area (Å²) >= 11 is 0. The molecule has 0 aliphatic carbocycles. The highest BCUT2D eigenvalue weighted by Gasteiger charge is 2.18. The van der Waals surface area contributed by atoms with Crippen LogP contribution in [0.25, 0.3) is 33.2 Å². The molecule has 4 rings (SSSR count). The fourth-order valence-corrected chi connectivity index (χ4v) is 2.90. The van der Waals surface area contributed by atoms with E-state index in [2.05, 4.69) is 15.0 Å². The lowest BCUT2D eigenvalue weighted by molar-refractivity contribution is 0.0791. The van der Waals surface area contributed by atoms with Crippen LogP contribution < -0.4 is 0 Å². The van der Waals surface area contributed by atoms with Crippen LogP contribution in [0.15, 0.2) is 48.9 Å². The molecule has 0 aliphatic heterocycles. The highest BCUT2D eigenvalue weighted by Crippen LogP contribution is 2.32. The number of nitrogens with zero attached hydrogens (tertiary/aromatic N) is 4. The van der Waals surface area contributed by atoms with E-state index < -0.39 is 6.55 Å². The fraction of sp³-hybridized carbons (Fsp3) is 0.167. The van der Waals surface area contributed by atoms with Gasteiger partial charge in [0.15, 0.2) is 0 Å². The minimum absolute atomic E-state index is 0.255. The molecule has 0 unspecified atom stereocenters. The van der Waals surface area contributed by atoms with Crippen molar-refractivity contribution in [3.8, 4) is 11.3 Å². The van der Waals surface area contributed by atoms with Crippen molar-refractivity contribution in [1.29, 1.82) is 0 Å². The van der Waals surface area contributed by atoms with Crippen LogP contribution in [0.1, 0.15) is 19.2 Å². The maximum absolute atomic E-state index is 13.6. The molecule has 0 bridgehead atoms. The van der Waals surface area contributed by atoms with Crippen molar-refractivity contribution in [3.05, 3.63) is 54.6 Å².